The molecule has 1 aromatic carbocycles. The molecule has 0 bridgehead atoms. The predicted octanol–water partition coefficient (Wildman–Crippen LogP) is 3.14. The predicted molar refractivity (Wildman–Crippen MR) is 70.0 cm³/mol. The van der Waals surface area contributed by atoms with Gasteiger partial charge in [-0.05, 0) is 36.4 Å². The SMILES string of the molecule is CSc1ccc(C(=O)N(C)CC(C)C)cc1. The number of hydrogen-bond donors (Lipinski definition) is 0. The van der Waals surface area contributed by atoms with Crippen molar-refractivity contribution in [3.8, 4) is 0 Å². The van der Waals surface area contributed by atoms with E-state index in [-0.39, 0.29) is 5.91 Å². The lowest BCUT2D eigenvalue weighted by Crippen LogP contribution is -2.30. The molecule has 0 N–H and O–H groups in total. The van der Waals surface area contributed by atoms with Crippen molar-refractivity contribution >= 4 is 17.7 Å². The molecule has 0 fully saturated rings. The van der Waals surface area contributed by atoms with Crippen LogP contribution >= 0.6 is 11.8 Å². The largest absolute Gasteiger partial charge is 0.341 e. The zero-order chi connectivity index (χ0) is 12.1. The molecule has 88 valence electrons. The lowest BCUT2D eigenvalue weighted by Gasteiger charge is -2.19. The minimum atomic E-state index is 0.0985. The van der Waals surface area contributed by atoms with E-state index in [2.05, 4.69) is 13.8 Å². The van der Waals surface area contributed by atoms with E-state index < -0.39 is 0 Å². The molecule has 0 saturated heterocycles. The standard InChI is InChI=1S/C13H19NOS/c1-10(2)9-14(3)13(15)11-5-7-12(16-4)8-6-11/h5-8,10H,9H2,1-4H3. The van der Waals surface area contributed by atoms with Crippen molar-refractivity contribution < 1.29 is 4.79 Å². The van der Waals surface area contributed by atoms with E-state index in [9.17, 15) is 4.79 Å². The molecular formula is C13H19NOS. The van der Waals surface area contributed by atoms with Crippen LogP contribution in [0.1, 0.15) is 24.2 Å². The van der Waals surface area contributed by atoms with Gasteiger partial charge < -0.3 is 4.90 Å². The Morgan fingerprint density at radius 3 is 2.31 bits per heavy atom. The average Bonchev–Trinajstić information content (AvgIpc) is 2.27. The first kappa shape index (κ1) is 13.1. The summed E-state index contributed by atoms with van der Waals surface area (Å²) in [6, 6.07) is 7.76. The Labute approximate surface area is 102 Å². The minimum Gasteiger partial charge on any atom is -0.341 e. The van der Waals surface area contributed by atoms with Crippen LogP contribution in [-0.2, 0) is 0 Å². The quantitative estimate of drug-likeness (QED) is 0.750. The van der Waals surface area contributed by atoms with Gasteiger partial charge in [-0.1, -0.05) is 13.8 Å². The fourth-order valence-corrected chi connectivity index (χ4v) is 1.99. The van der Waals surface area contributed by atoms with Crippen LogP contribution < -0.4 is 0 Å². The fraction of sp³-hybridized carbons (Fsp3) is 0.462. The molecule has 0 aliphatic carbocycles. The summed E-state index contributed by atoms with van der Waals surface area (Å²) in [7, 11) is 1.85. The Morgan fingerprint density at radius 2 is 1.88 bits per heavy atom. The Hall–Kier alpha value is -0.960. The average molecular weight is 237 g/mol. The van der Waals surface area contributed by atoms with Gasteiger partial charge in [-0.2, -0.15) is 0 Å². The van der Waals surface area contributed by atoms with Gasteiger partial charge in [0.2, 0.25) is 0 Å². The van der Waals surface area contributed by atoms with Gasteiger partial charge in [-0.25, -0.2) is 0 Å². The molecule has 0 aliphatic rings. The molecule has 0 atom stereocenters. The maximum absolute atomic E-state index is 12.0. The van der Waals surface area contributed by atoms with E-state index in [0.29, 0.717) is 5.92 Å². The van der Waals surface area contributed by atoms with Crippen LogP contribution in [0.15, 0.2) is 29.2 Å². The van der Waals surface area contributed by atoms with Crippen LogP contribution in [0.4, 0.5) is 0 Å². The van der Waals surface area contributed by atoms with E-state index >= 15 is 0 Å². The Morgan fingerprint density at radius 1 is 1.31 bits per heavy atom. The van der Waals surface area contributed by atoms with Gasteiger partial charge in [0, 0.05) is 24.1 Å². The summed E-state index contributed by atoms with van der Waals surface area (Å²) < 4.78 is 0. The minimum absolute atomic E-state index is 0.0985. The van der Waals surface area contributed by atoms with Crippen LogP contribution in [0.2, 0.25) is 0 Å². The van der Waals surface area contributed by atoms with Gasteiger partial charge in [0.25, 0.3) is 5.91 Å². The second kappa shape index (κ2) is 5.94. The van der Waals surface area contributed by atoms with E-state index in [4.69, 9.17) is 0 Å². The van der Waals surface area contributed by atoms with Crippen LogP contribution in [0.3, 0.4) is 0 Å². The summed E-state index contributed by atoms with van der Waals surface area (Å²) in [4.78, 5) is 15.0. The van der Waals surface area contributed by atoms with Crippen molar-refractivity contribution in [2.45, 2.75) is 18.7 Å². The molecule has 1 aromatic rings. The van der Waals surface area contributed by atoms with Crippen LogP contribution in [-0.4, -0.2) is 30.7 Å². The molecule has 0 aliphatic heterocycles. The number of benzene rings is 1. The highest BCUT2D eigenvalue weighted by molar-refractivity contribution is 7.98. The fourth-order valence-electron chi connectivity index (χ4n) is 1.58. The van der Waals surface area contributed by atoms with Gasteiger partial charge >= 0.3 is 0 Å². The van der Waals surface area contributed by atoms with Gasteiger partial charge in [-0.15, -0.1) is 11.8 Å². The normalized spacial score (nSPS) is 10.6. The zero-order valence-corrected chi connectivity index (χ0v) is 11.2. The first-order valence-corrected chi connectivity index (χ1v) is 6.66. The van der Waals surface area contributed by atoms with Gasteiger partial charge in [-0.3, -0.25) is 4.79 Å². The third-order valence-electron chi connectivity index (χ3n) is 2.32. The van der Waals surface area contributed by atoms with Crippen molar-refractivity contribution in [1.29, 1.82) is 0 Å². The highest BCUT2D eigenvalue weighted by Crippen LogP contribution is 2.15. The molecule has 0 aromatic heterocycles. The van der Waals surface area contributed by atoms with Crippen LogP contribution in [0.5, 0.6) is 0 Å². The number of thioether (sulfide) groups is 1. The van der Waals surface area contributed by atoms with Crippen molar-refractivity contribution in [3.05, 3.63) is 29.8 Å². The van der Waals surface area contributed by atoms with Crippen molar-refractivity contribution in [2.75, 3.05) is 19.8 Å². The second-order valence-electron chi connectivity index (χ2n) is 4.31. The first-order valence-electron chi connectivity index (χ1n) is 5.44. The number of carbonyl (C=O) groups excluding carboxylic acids is 1. The molecule has 0 spiro atoms. The molecule has 1 amide bonds. The Kier molecular flexibility index (Phi) is 4.87. The maximum atomic E-state index is 12.0. The summed E-state index contributed by atoms with van der Waals surface area (Å²) in [5.41, 5.74) is 0.765. The molecule has 0 unspecified atom stereocenters. The van der Waals surface area contributed by atoms with Crippen molar-refractivity contribution in [3.63, 3.8) is 0 Å². The third kappa shape index (κ3) is 3.56. The third-order valence-corrected chi connectivity index (χ3v) is 3.07. The van der Waals surface area contributed by atoms with Crippen LogP contribution in [0, 0.1) is 5.92 Å². The molecular weight excluding hydrogens is 218 g/mol. The van der Waals surface area contributed by atoms with Gasteiger partial charge in [0.15, 0.2) is 0 Å². The summed E-state index contributed by atoms with van der Waals surface area (Å²) in [6.07, 6.45) is 2.03. The Bertz CT molecular complexity index is 345. The van der Waals surface area contributed by atoms with Crippen molar-refractivity contribution in [1.82, 2.24) is 4.90 Å². The summed E-state index contributed by atoms with van der Waals surface area (Å²) in [5, 5.41) is 0. The Balaban J connectivity index is 2.72. The molecule has 16 heavy (non-hydrogen) atoms. The molecule has 2 nitrogen and oxygen atoms in total. The number of hydrogen-bond acceptors (Lipinski definition) is 2. The number of rotatable bonds is 4. The molecule has 1 rings (SSSR count). The lowest BCUT2D eigenvalue weighted by molar-refractivity contribution is 0.0779. The summed E-state index contributed by atoms with van der Waals surface area (Å²) in [6.45, 7) is 5.02. The molecule has 0 heterocycles. The topological polar surface area (TPSA) is 20.3 Å². The first-order chi connectivity index (χ1) is 7.54. The maximum Gasteiger partial charge on any atom is 0.253 e. The zero-order valence-electron chi connectivity index (χ0n) is 10.4. The van der Waals surface area contributed by atoms with Gasteiger partial charge in [0.1, 0.15) is 0 Å². The number of amides is 1. The van der Waals surface area contributed by atoms with E-state index in [0.717, 1.165) is 12.1 Å². The molecule has 0 saturated carbocycles. The van der Waals surface area contributed by atoms with E-state index in [1.165, 1.54) is 4.90 Å². The smallest absolute Gasteiger partial charge is 0.253 e. The van der Waals surface area contributed by atoms with Crippen LogP contribution in [0.25, 0.3) is 0 Å². The highest BCUT2D eigenvalue weighted by atomic mass is 32.2. The lowest BCUT2D eigenvalue weighted by atomic mass is 10.1. The number of nitrogens with zero attached hydrogens (tertiary/aromatic N) is 1. The second-order valence-corrected chi connectivity index (χ2v) is 5.19. The monoisotopic (exact) mass is 237 g/mol. The van der Waals surface area contributed by atoms with Gasteiger partial charge in [0.05, 0.1) is 0 Å². The molecule has 3 heteroatoms. The van der Waals surface area contributed by atoms with Crippen molar-refractivity contribution in [2.24, 2.45) is 5.92 Å². The van der Waals surface area contributed by atoms with E-state index in [1.54, 1.807) is 16.7 Å². The highest BCUT2D eigenvalue weighted by Gasteiger charge is 2.12. The summed E-state index contributed by atoms with van der Waals surface area (Å²) >= 11 is 1.68. The summed E-state index contributed by atoms with van der Waals surface area (Å²) in [5.74, 6) is 0.598. The molecule has 0 radical (unpaired) electrons. The van der Waals surface area contributed by atoms with E-state index in [1.807, 2.05) is 37.6 Å². The number of carbonyl (C=O) groups is 1.